The van der Waals surface area contributed by atoms with Crippen molar-refractivity contribution < 1.29 is 18.0 Å². The Morgan fingerprint density at radius 1 is 1.60 bits per heavy atom. The van der Waals surface area contributed by atoms with Gasteiger partial charge in [-0.2, -0.15) is 13.2 Å². The number of terminal acetylenes is 1. The zero-order valence-electron chi connectivity index (χ0n) is 4.83. The van der Waals surface area contributed by atoms with E-state index in [2.05, 4.69) is 6.42 Å². The molecule has 0 rings (SSSR count). The van der Waals surface area contributed by atoms with Gasteiger partial charge in [-0.1, -0.05) is 5.92 Å². The second kappa shape index (κ2) is 3.11. The summed E-state index contributed by atoms with van der Waals surface area (Å²) >= 11 is 0. The van der Waals surface area contributed by atoms with Crippen LogP contribution in [0.15, 0.2) is 0 Å². The van der Waals surface area contributed by atoms with Gasteiger partial charge in [0, 0.05) is 0 Å². The first-order chi connectivity index (χ1) is 4.48. The maximum absolute atomic E-state index is 11.3. The fourth-order valence-electron chi connectivity index (χ4n) is 0.232. The minimum Gasteiger partial charge on any atom is -0.337 e. The Kier molecular flexibility index (Phi) is 2.74. The van der Waals surface area contributed by atoms with Crippen LogP contribution in [0.3, 0.4) is 0 Å². The summed E-state index contributed by atoms with van der Waals surface area (Å²) in [7, 11) is 0. The lowest BCUT2D eigenvalue weighted by molar-refractivity contribution is -0.173. The van der Waals surface area contributed by atoms with E-state index in [0.717, 1.165) is 0 Å². The first-order valence-electron chi connectivity index (χ1n) is 2.27. The van der Waals surface area contributed by atoms with Crippen LogP contribution in [0.4, 0.5) is 13.2 Å². The highest BCUT2D eigenvalue weighted by molar-refractivity contribution is 5.81. The summed E-state index contributed by atoms with van der Waals surface area (Å²) in [5, 5.41) is 1.47. The van der Waals surface area contributed by atoms with E-state index in [1.54, 1.807) is 0 Å². The van der Waals surface area contributed by atoms with Crippen LogP contribution in [-0.4, -0.2) is 18.6 Å². The molecule has 0 spiro atoms. The third kappa shape index (κ3) is 2.97. The monoisotopic (exact) mass is 151 g/mol. The molecule has 1 amide bonds. The van der Waals surface area contributed by atoms with E-state index >= 15 is 0 Å². The van der Waals surface area contributed by atoms with E-state index in [-0.39, 0.29) is 0 Å². The molecule has 0 aliphatic heterocycles. The van der Waals surface area contributed by atoms with Crippen LogP contribution in [0.5, 0.6) is 0 Å². The van der Waals surface area contributed by atoms with Crippen molar-refractivity contribution in [3.05, 3.63) is 0 Å². The van der Waals surface area contributed by atoms with E-state index in [9.17, 15) is 18.0 Å². The molecule has 0 aromatic carbocycles. The molecule has 1 N–H and O–H groups in total. The average Bonchev–Trinajstić information content (AvgIpc) is 1.80. The van der Waals surface area contributed by atoms with E-state index < -0.39 is 18.6 Å². The van der Waals surface area contributed by atoms with Crippen molar-refractivity contribution in [1.29, 1.82) is 0 Å². The van der Waals surface area contributed by atoms with Crippen LogP contribution in [0.2, 0.25) is 0 Å². The van der Waals surface area contributed by atoms with Crippen LogP contribution in [-0.2, 0) is 4.79 Å². The van der Waals surface area contributed by atoms with Crippen molar-refractivity contribution in [2.75, 3.05) is 6.54 Å². The summed E-state index contributed by atoms with van der Waals surface area (Å²) in [6, 6.07) is 0. The normalized spacial score (nSPS) is 10.2. The molecule has 0 saturated heterocycles. The van der Waals surface area contributed by atoms with Gasteiger partial charge >= 0.3 is 12.1 Å². The second-order valence-corrected chi connectivity index (χ2v) is 1.38. The highest BCUT2D eigenvalue weighted by Crippen LogP contribution is 2.13. The predicted octanol–water partition coefficient (Wildman–Crippen LogP) is 0.298. The van der Waals surface area contributed by atoms with Crippen molar-refractivity contribution in [2.45, 2.75) is 6.18 Å². The van der Waals surface area contributed by atoms with Gasteiger partial charge in [-0.25, -0.2) is 0 Å². The average molecular weight is 151 g/mol. The highest BCUT2D eigenvalue weighted by Gasteiger charge is 2.37. The standard InChI is InChI=1S/C5H4F3NO/c1-2-3-9-4(10)5(6,7)8/h1H,3H2,(H,9,10). The first-order valence-corrected chi connectivity index (χ1v) is 2.27. The van der Waals surface area contributed by atoms with Crippen molar-refractivity contribution in [1.82, 2.24) is 5.32 Å². The third-order valence-corrected chi connectivity index (χ3v) is 0.608. The Labute approximate surface area is 55.4 Å². The van der Waals surface area contributed by atoms with Crippen molar-refractivity contribution in [3.63, 3.8) is 0 Å². The summed E-state index contributed by atoms with van der Waals surface area (Å²) < 4.78 is 33.9. The molecular weight excluding hydrogens is 147 g/mol. The van der Waals surface area contributed by atoms with Crippen molar-refractivity contribution >= 4 is 5.91 Å². The van der Waals surface area contributed by atoms with Gasteiger partial charge in [-0.3, -0.25) is 4.79 Å². The predicted molar refractivity (Wildman–Crippen MR) is 27.9 cm³/mol. The van der Waals surface area contributed by atoms with Crippen LogP contribution in [0.25, 0.3) is 0 Å². The van der Waals surface area contributed by atoms with Gasteiger partial charge in [-0.15, -0.1) is 6.42 Å². The minimum absolute atomic E-state index is 0.404. The third-order valence-electron chi connectivity index (χ3n) is 0.608. The summed E-state index contributed by atoms with van der Waals surface area (Å²) in [6.45, 7) is -0.404. The molecule has 0 bridgehead atoms. The lowest BCUT2D eigenvalue weighted by atomic mass is 10.5. The molecule has 0 unspecified atom stereocenters. The molecule has 0 saturated carbocycles. The molecule has 0 radical (unpaired) electrons. The van der Waals surface area contributed by atoms with E-state index in [0.29, 0.717) is 0 Å². The number of hydrogen-bond acceptors (Lipinski definition) is 1. The minimum atomic E-state index is -4.84. The number of rotatable bonds is 1. The highest BCUT2D eigenvalue weighted by atomic mass is 19.4. The van der Waals surface area contributed by atoms with E-state index in [1.807, 2.05) is 5.92 Å². The van der Waals surface area contributed by atoms with Crippen molar-refractivity contribution in [3.8, 4) is 12.3 Å². The van der Waals surface area contributed by atoms with E-state index in [1.165, 1.54) is 5.32 Å². The molecule has 0 aromatic heterocycles. The SMILES string of the molecule is C#CCNC(=O)C(F)(F)F. The molecule has 0 fully saturated rings. The van der Waals surface area contributed by atoms with Gasteiger partial charge in [0.2, 0.25) is 0 Å². The van der Waals surface area contributed by atoms with Gasteiger partial charge in [0.1, 0.15) is 0 Å². The Morgan fingerprint density at radius 2 is 2.10 bits per heavy atom. The van der Waals surface area contributed by atoms with Gasteiger partial charge < -0.3 is 5.32 Å². The van der Waals surface area contributed by atoms with Crippen LogP contribution in [0, 0.1) is 12.3 Å². The molecular formula is C5H4F3NO. The quantitative estimate of drug-likeness (QED) is 0.536. The van der Waals surface area contributed by atoms with Crippen LogP contribution < -0.4 is 5.32 Å². The number of halogens is 3. The second-order valence-electron chi connectivity index (χ2n) is 1.38. The lowest BCUT2D eigenvalue weighted by Gasteiger charge is -2.03. The topological polar surface area (TPSA) is 29.1 Å². The smallest absolute Gasteiger partial charge is 0.337 e. The Hall–Kier alpha value is -1.18. The zero-order valence-corrected chi connectivity index (χ0v) is 4.83. The van der Waals surface area contributed by atoms with Gasteiger partial charge in [0.05, 0.1) is 6.54 Å². The van der Waals surface area contributed by atoms with Crippen molar-refractivity contribution in [2.24, 2.45) is 0 Å². The molecule has 0 aliphatic carbocycles. The lowest BCUT2D eigenvalue weighted by Crippen LogP contribution is -2.36. The fraction of sp³-hybridized carbons (Fsp3) is 0.400. The number of hydrogen-bond donors (Lipinski definition) is 1. The first kappa shape index (κ1) is 8.82. The van der Waals surface area contributed by atoms with Gasteiger partial charge in [0.25, 0.3) is 0 Å². The molecule has 10 heavy (non-hydrogen) atoms. The molecule has 0 aromatic rings. The summed E-state index contributed by atoms with van der Waals surface area (Å²) in [5.41, 5.74) is 0. The summed E-state index contributed by atoms with van der Waals surface area (Å²) in [5.74, 6) is -0.170. The fourth-order valence-corrected chi connectivity index (χ4v) is 0.232. The van der Waals surface area contributed by atoms with E-state index in [4.69, 9.17) is 0 Å². The summed E-state index contributed by atoms with van der Waals surface area (Å²) in [4.78, 5) is 9.89. The maximum atomic E-state index is 11.3. The number of carbonyl (C=O) groups is 1. The molecule has 5 heteroatoms. The number of carbonyl (C=O) groups excluding carboxylic acids is 1. The van der Waals surface area contributed by atoms with Gasteiger partial charge in [0.15, 0.2) is 0 Å². The molecule has 56 valence electrons. The Morgan fingerprint density at radius 3 is 2.40 bits per heavy atom. The van der Waals surface area contributed by atoms with Gasteiger partial charge in [-0.05, 0) is 0 Å². The summed E-state index contributed by atoms with van der Waals surface area (Å²) in [6.07, 6.45) is -0.248. The largest absolute Gasteiger partial charge is 0.471 e. The maximum Gasteiger partial charge on any atom is 0.471 e. The Balaban J connectivity index is 3.78. The van der Waals surface area contributed by atoms with Crippen LogP contribution in [0.1, 0.15) is 0 Å². The Bertz CT molecular complexity index is 167. The molecule has 0 heterocycles. The zero-order chi connectivity index (χ0) is 8.20. The number of amides is 1. The molecule has 0 aliphatic rings. The molecule has 0 atom stereocenters. The number of nitrogens with one attached hydrogen (secondary N) is 1. The number of alkyl halides is 3. The van der Waals surface area contributed by atoms with Crippen LogP contribution >= 0.6 is 0 Å². The molecule has 2 nitrogen and oxygen atoms in total.